The van der Waals surface area contributed by atoms with Crippen molar-refractivity contribution in [3.63, 3.8) is 0 Å². The van der Waals surface area contributed by atoms with Crippen molar-refractivity contribution >= 4 is 23.2 Å². The zero-order chi connectivity index (χ0) is 20.4. The minimum atomic E-state index is -1.67. The number of amides is 2. The summed E-state index contributed by atoms with van der Waals surface area (Å²) < 4.78 is 45.9. The summed E-state index contributed by atoms with van der Waals surface area (Å²) in [5, 5.41) is 2.23. The average Bonchev–Trinajstić information content (AvgIpc) is 3.04. The van der Waals surface area contributed by atoms with Gasteiger partial charge in [-0.3, -0.25) is 9.59 Å². The molecule has 8 heteroatoms. The Morgan fingerprint density at radius 1 is 1.14 bits per heavy atom. The molecule has 0 aromatic heterocycles. The van der Waals surface area contributed by atoms with Gasteiger partial charge in [-0.25, -0.2) is 13.2 Å². The summed E-state index contributed by atoms with van der Waals surface area (Å²) in [5.41, 5.74) is 0.0637. The van der Waals surface area contributed by atoms with Gasteiger partial charge in [-0.2, -0.15) is 0 Å². The van der Waals surface area contributed by atoms with Crippen molar-refractivity contribution in [2.24, 2.45) is 5.92 Å². The number of carbonyl (C=O) groups is 2. The Labute approximate surface area is 160 Å². The lowest BCUT2D eigenvalue weighted by Gasteiger charge is -2.21. The van der Waals surface area contributed by atoms with Gasteiger partial charge in [0.1, 0.15) is 5.75 Å². The number of halogens is 3. The molecule has 0 radical (unpaired) electrons. The SMILES string of the molecule is CC(C)Oc1ccccc1N1CC(C(=O)Nc2ccc(F)c(F)c2F)CC1=O. The molecule has 1 N–H and O–H groups in total. The molecule has 1 heterocycles. The Morgan fingerprint density at radius 3 is 2.57 bits per heavy atom. The molecule has 28 heavy (non-hydrogen) atoms. The van der Waals surface area contributed by atoms with Crippen LogP contribution in [0.1, 0.15) is 20.3 Å². The molecule has 0 bridgehead atoms. The third-order valence-corrected chi connectivity index (χ3v) is 4.31. The molecule has 0 aliphatic carbocycles. The molecule has 148 valence electrons. The van der Waals surface area contributed by atoms with Gasteiger partial charge in [-0.1, -0.05) is 12.1 Å². The predicted octanol–water partition coefficient (Wildman–Crippen LogP) is 3.88. The standard InChI is InChI=1S/C20H19F3N2O3/c1-11(2)28-16-6-4-3-5-15(16)25-10-12(9-17(25)26)20(27)24-14-8-7-13(21)18(22)19(14)23/h3-8,11-12H,9-10H2,1-2H3,(H,24,27). The van der Waals surface area contributed by atoms with Crippen LogP contribution in [0.5, 0.6) is 5.75 Å². The number of hydrogen-bond acceptors (Lipinski definition) is 3. The van der Waals surface area contributed by atoms with Crippen molar-refractivity contribution in [3.8, 4) is 5.75 Å². The Morgan fingerprint density at radius 2 is 1.86 bits per heavy atom. The van der Waals surface area contributed by atoms with E-state index in [9.17, 15) is 22.8 Å². The Balaban J connectivity index is 1.76. The van der Waals surface area contributed by atoms with E-state index in [0.717, 1.165) is 12.1 Å². The first-order valence-electron chi connectivity index (χ1n) is 8.78. The molecule has 1 saturated heterocycles. The van der Waals surface area contributed by atoms with E-state index < -0.39 is 35.0 Å². The second kappa shape index (κ2) is 7.92. The van der Waals surface area contributed by atoms with E-state index in [1.54, 1.807) is 24.3 Å². The van der Waals surface area contributed by atoms with Crippen molar-refractivity contribution in [2.45, 2.75) is 26.4 Å². The highest BCUT2D eigenvalue weighted by atomic mass is 19.2. The summed E-state index contributed by atoms with van der Waals surface area (Å²) in [6, 6.07) is 8.63. The van der Waals surface area contributed by atoms with Crippen LogP contribution in [0.15, 0.2) is 36.4 Å². The van der Waals surface area contributed by atoms with E-state index in [-0.39, 0.29) is 25.0 Å². The number of rotatable bonds is 5. The first-order valence-corrected chi connectivity index (χ1v) is 8.78. The number of carbonyl (C=O) groups excluding carboxylic acids is 2. The molecular weight excluding hydrogens is 373 g/mol. The highest BCUT2D eigenvalue weighted by Gasteiger charge is 2.36. The summed E-state index contributed by atoms with van der Waals surface area (Å²) in [6.45, 7) is 3.78. The average molecular weight is 392 g/mol. The molecule has 2 amide bonds. The fourth-order valence-corrected chi connectivity index (χ4v) is 3.01. The molecule has 1 fully saturated rings. The van der Waals surface area contributed by atoms with Crippen LogP contribution in [0.4, 0.5) is 24.5 Å². The van der Waals surface area contributed by atoms with Crippen molar-refractivity contribution in [1.82, 2.24) is 0 Å². The van der Waals surface area contributed by atoms with Crippen LogP contribution in [0.3, 0.4) is 0 Å². The van der Waals surface area contributed by atoms with Crippen LogP contribution in [0.25, 0.3) is 0 Å². The zero-order valence-electron chi connectivity index (χ0n) is 15.3. The molecule has 1 atom stereocenters. The topological polar surface area (TPSA) is 58.6 Å². The smallest absolute Gasteiger partial charge is 0.229 e. The zero-order valence-corrected chi connectivity index (χ0v) is 15.3. The predicted molar refractivity (Wildman–Crippen MR) is 97.6 cm³/mol. The van der Waals surface area contributed by atoms with Crippen LogP contribution in [-0.4, -0.2) is 24.5 Å². The number of benzene rings is 2. The largest absolute Gasteiger partial charge is 0.489 e. The minimum absolute atomic E-state index is 0.0639. The molecule has 1 aliphatic heterocycles. The van der Waals surface area contributed by atoms with Crippen LogP contribution in [0.2, 0.25) is 0 Å². The first-order chi connectivity index (χ1) is 13.3. The first kappa shape index (κ1) is 19.7. The molecule has 1 aliphatic rings. The number of hydrogen-bond donors (Lipinski definition) is 1. The summed E-state index contributed by atoms with van der Waals surface area (Å²) >= 11 is 0. The number of ether oxygens (including phenoxy) is 1. The molecule has 0 saturated carbocycles. The lowest BCUT2D eigenvalue weighted by atomic mass is 10.1. The van der Waals surface area contributed by atoms with Crippen LogP contribution in [0, 0.1) is 23.4 Å². The van der Waals surface area contributed by atoms with E-state index in [2.05, 4.69) is 5.32 Å². The highest BCUT2D eigenvalue weighted by Crippen LogP contribution is 2.34. The lowest BCUT2D eigenvalue weighted by molar-refractivity contribution is -0.122. The highest BCUT2D eigenvalue weighted by molar-refractivity contribution is 6.04. The number of anilines is 2. The van der Waals surface area contributed by atoms with Crippen LogP contribution < -0.4 is 15.0 Å². The van der Waals surface area contributed by atoms with Gasteiger partial charge in [0.15, 0.2) is 17.5 Å². The quantitative estimate of drug-likeness (QED) is 0.786. The van der Waals surface area contributed by atoms with E-state index >= 15 is 0 Å². The fourth-order valence-electron chi connectivity index (χ4n) is 3.01. The van der Waals surface area contributed by atoms with Crippen LogP contribution >= 0.6 is 0 Å². The Bertz CT molecular complexity index is 918. The van der Waals surface area contributed by atoms with E-state index in [4.69, 9.17) is 4.74 Å². The minimum Gasteiger partial charge on any atom is -0.489 e. The van der Waals surface area contributed by atoms with Crippen molar-refractivity contribution in [2.75, 3.05) is 16.8 Å². The van der Waals surface area contributed by atoms with Gasteiger partial charge in [-0.15, -0.1) is 0 Å². The maximum absolute atomic E-state index is 13.8. The molecule has 5 nitrogen and oxygen atoms in total. The van der Waals surface area contributed by atoms with Crippen molar-refractivity contribution < 1.29 is 27.5 Å². The summed E-state index contributed by atoms with van der Waals surface area (Å²) in [4.78, 5) is 26.3. The lowest BCUT2D eigenvalue weighted by Crippen LogP contribution is -2.29. The Kier molecular flexibility index (Phi) is 5.58. The van der Waals surface area contributed by atoms with Gasteiger partial charge in [0.25, 0.3) is 0 Å². The van der Waals surface area contributed by atoms with Gasteiger partial charge < -0.3 is 15.0 Å². The maximum Gasteiger partial charge on any atom is 0.229 e. The second-order valence-corrected chi connectivity index (χ2v) is 6.75. The molecule has 0 spiro atoms. The van der Waals surface area contributed by atoms with Gasteiger partial charge in [0, 0.05) is 13.0 Å². The molecule has 2 aromatic carbocycles. The van der Waals surface area contributed by atoms with Gasteiger partial charge in [-0.05, 0) is 38.1 Å². The molecular formula is C20H19F3N2O3. The number of nitrogens with zero attached hydrogens (tertiary/aromatic N) is 1. The van der Waals surface area contributed by atoms with Crippen molar-refractivity contribution in [3.05, 3.63) is 53.8 Å². The number of para-hydroxylation sites is 2. The molecule has 1 unspecified atom stereocenters. The van der Waals surface area contributed by atoms with Gasteiger partial charge in [0.2, 0.25) is 11.8 Å². The third-order valence-electron chi connectivity index (χ3n) is 4.31. The Hall–Kier alpha value is -3.03. The summed E-state index contributed by atoms with van der Waals surface area (Å²) in [5.74, 6) is -5.69. The maximum atomic E-state index is 13.8. The summed E-state index contributed by atoms with van der Waals surface area (Å²) in [7, 11) is 0. The van der Waals surface area contributed by atoms with E-state index in [1.807, 2.05) is 13.8 Å². The normalized spacial score (nSPS) is 16.6. The van der Waals surface area contributed by atoms with E-state index in [1.165, 1.54) is 4.90 Å². The number of nitrogens with one attached hydrogen (secondary N) is 1. The summed E-state index contributed by atoms with van der Waals surface area (Å²) in [6.07, 6.45) is -0.193. The monoisotopic (exact) mass is 392 g/mol. The van der Waals surface area contributed by atoms with Gasteiger partial charge in [0.05, 0.1) is 23.4 Å². The third kappa shape index (κ3) is 3.95. The van der Waals surface area contributed by atoms with Crippen molar-refractivity contribution in [1.29, 1.82) is 0 Å². The fraction of sp³-hybridized carbons (Fsp3) is 0.300. The van der Waals surface area contributed by atoms with E-state index in [0.29, 0.717) is 11.4 Å². The second-order valence-electron chi connectivity index (χ2n) is 6.75. The van der Waals surface area contributed by atoms with Crippen LogP contribution in [-0.2, 0) is 9.59 Å². The van der Waals surface area contributed by atoms with Gasteiger partial charge >= 0.3 is 0 Å². The molecule has 3 rings (SSSR count). The molecule has 2 aromatic rings.